The van der Waals surface area contributed by atoms with Gasteiger partial charge in [-0.1, -0.05) is 53.0 Å². The molecule has 23 nitrogen and oxygen atoms in total. The molecule has 32 heteroatoms. The third kappa shape index (κ3) is 18.8. The molecule has 3 aromatic heterocycles. The van der Waals surface area contributed by atoms with E-state index in [4.69, 9.17) is 65.2 Å². The average Bonchev–Trinajstić information content (AvgIpc) is 4.55. The lowest BCUT2D eigenvalue weighted by atomic mass is 10.0. The van der Waals surface area contributed by atoms with Crippen LogP contribution in [0.2, 0.25) is 15.1 Å². The topological polar surface area (TPSA) is 297 Å². The molecule has 3 fully saturated rings. The molecule has 0 saturated heterocycles. The van der Waals surface area contributed by atoms with Crippen LogP contribution in [0.4, 0.5) is 45.5 Å². The highest BCUT2D eigenvalue weighted by molar-refractivity contribution is 6.34. The number of aromatic nitrogens is 9. The number of halogens is 9. The molecule has 3 atom stereocenters. The minimum Gasteiger partial charge on any atom is -0.448 e. The Bertz CT molecular complexity index is 3160. The lowest BCUT2D eigenvalue weighted by molar-refractivity contribution is 0.0469. The molecular formula is C50H56Cl3F6N15O8. The van der Waals surface area contributed by atoms with Crippen LogP contribution in [0.1, 0.15) is 114 Å². The second kappa shape index (κ2) is 28.0. The summed E-state index contributed by atoms with van der Waals surface area (Å²) in [7, 11) is 0. The number of nitrogens with one attached hydrogen (secondary N) is 4. The molecule has 0 unspecified atom stereocenters. The van der Waals surface area contributed by atoms with Gasteiger partial charge in [-0.25, -0.2) is 34.1 Å². The zero-order chi connectivity index (χ0) is 59.4. The monoisotopic (exact) mass is 1210 g/mol. The number of amides is 4. The fourth-order valence-corrected chi connectivity index (χ4v) is 7.66. The minimum absolute atomic E-state index is 0.0134. The van der Waals surface area contributed by atoms with E-state index in [9.17, 15) is 45.5 Å². The van der Waals surface area contributed by atoms with Crippen molar-refractivity contribution in [3.05, 3.63) is 105 Å². The Labute approximate surface area is 479 Å². The van der Waals surface area contributed by atoms with E-state index in [0.717, 1.165) is 57.5 Å². The van der Waals surface area contributed by atoms with Crippen LogP contribution in [-0.2, 0) is 18.9 Å². The Kier molecular flexibility index (Phi) is 21.2. The van der Waals surface area contributed by atoms with Crippen LogP contribution >= 0.6 is 34.8 Å². The highest BCUT2D eigenvalue weighted by Crippen LogP contribution is 2.33. The van der Waals surface area contributed by atoms with Crippen molar-refractivity contribution >= 4 is 59.2 Å². The van der Waals surface area contributed by atoms with E-state index in [0.29, 0.717) is 41.3 Å². The third-order valence-electron chi connectivity index (χ3n) is 11.7. The summed E-state index contributed by atoms with van der Waals surface area (Å²) in [5.74, 6) is -0.0197. The van der Waals surface area contributed by atoms with E-state index in [2.05, 4.69) is 51.5 Å². The molecule has 9 rings (SSSR count). The largest absolute Gasteiger partial charge is 0.448 e. The standard InChI is InChI=1S/C20H24ClF2N5O4.2C15H16ClF2N5O2/c1-20(2,3)32-19(30)26-15(9-31-18(29)25-12-5-6-12)11-4-7-14(21)13(8-11)16-24-10-28(27-16)17(22)23;16-11-4-1-8(12(19)6-25-15(24)21-9-2-3-9)5-10(11)13-20-7-23(22-13)14(17)18;16-11-4-1-8(12(19)6-25-15(24)22-9-2-3-9)5-10(11)13-20-7-21-23(13)14(17)18/h4,7-8,10,12,15,17H,5-6,9H2,1-3H3,(H,25,29)(H,26,30);1,4-5,7,9,12,14H,2-3,6,19H2,(H,21,24);1,4-5,7,9,12,14H,2-3,6,19H2,(H,22,24)/t15-;2*12-/m111/s1. The van der Waals surface area contributed by atoms with Crippen molar-refractivity contribution in [2.24, 2.45) is 11.5 Å². The van der Waals surface area contributed by atoms with Gasteiger partial charge in [0.05, 0.1) is 33.2 Å². The summed E-state index contributed by atoms with van der Waals surface area (Å²) in [5, 5.41) is 22.4. The van der Waals surface area contributed by atoms with Crippen LogP contribution in [0.5, 0.6) is 0 Å². The predicted octanol–water partition coefficient (Wildman–Crippen LogP) is 10.2. The molecule has 0 aliphatic heterocycles. The number of nitrogens with zero attached hydrogens (tertiary/aromatic N) is 9. The highest BCUT2D eigenvalue weighted by Gasteiger charge is 2.29. The summed E-state index contributed by atoms with van der Waals surface area (Å²) in [6.45, 7) is -3.62. The SMILES string of the molecule is CC(C)(C)OC(=O)N[C@H](COC(=O)NC1CC1)c1ccc(Cl)c(-c2ncn(C(F)F)n2)c1.N[C@H](COC(=O)NC1CC1)c1ccc(Cl)c(-c2ncn(C(F)F)n2)c1.N[C@H](COC(=O)NC1CC1)c1ccc(Cl)c(-c2ncnn2C(F)F)c1. The van der Waals surface area contributed by atoms with Gasteiger partial charge < -0.3 is 51.7 Å². The second-order valence-electron chi connectivity index (χ2n) is 19.6. The minimum atomic E-state index is -2.85. The Balaban J connectivity index is 0.000000179. The van der Waals surface area contributed by atoms with E-state index >= 15 is 0 Å². The van der Waals surface area contributed by atoms with Crippen molar-refractivity contribution in [2.45, 2.75) is 121 Å². The van der Waals surface area contributed by atoms with E-state index in [1.807, 2.05) is 0 Å². The summed E-state index contributed by atoms with van der Waals surface area (Å²) in [4.78, 5) is 58.9. The van der Waals surface area contributed by atoms with E-state index in [1.54, 1.807) is 51.1 Å². The van der Waals surface area contributed by atoms with Crippen molar-refractivity contribution in [1.82, 2.24) is 65.6 Å². The molecule has 442 valence electrons. The number of rotatable bonds is 19. The van der Waals surface area contributed by atoms with Crippen LogP contribution in [0, 0.1) is 0 Å². The van der Waals surface area contributed by atoms with E-state index < -0.39 is 67.7 Å². The smallest absolute Gasteiger partial charge is 0.408 e. The van der Waals surface area contributed by atoms with Gasteiger partial charge in [-0.05, 0) is 112 Å². The lowest BCUT2D eigenvalue weighted by Gasteiger charge is -2.24. The van der Waals surface area contributed by atoms with Crippen LogP contribution in [0.25, 0.3) is 34.2 Å². The molecule has 6 aromatic rings. The number of alkyl carbamates (subject to hydrolysis) is 4. The molecule has 3 aromatic carbocycles. The first-order valence-corrected chi connectivity index (χ1v) is 26.3. The van der Waals surface area contributed by atoms with Gasteiger partial charge in [0.1, 0.15) is 44.4 Å². The fourth-order valence-electron chi connectivity index (χ4n) is 7.05. The maximum atomic E-state index is 13.0. The molecular weight excluding hydrogens is 1160 g/mol. The molecule has 3 heterocycles. The number of carbonyl (C=O) groups is 4. The average molecular weight is 1220 g/mol. The maximum absolute atomic E-state index is 13.0. The van der Waals surface area contributed by atoms with Gasteiger partial charge >= 0.3 is 44.0 Å². The van der Waals surface area contributed by atoms with Crippen molar-refractivity contribution < 1.29 is 64.5 Å². The summed E-state index contributed by atoms with van der Waals surface area (Å²) in [5.41, 5.74) is 13.9. The Morgan fingerprint density at radius 2 is 0.988 bits per heavy atom. The number of hydrogen-bond donors (Lipinski definition) is 6. The first-order valence-electron chi connectivity index (χ1n) is 25.2. The number of carbonyl (C=O) groups excluding carboxylic acids is 4. The Hall–Kier alpha value is -7.47. The summed E-state index contributed by atoms with van der Waals surface area (Å²) in [6.07, 6.45) is 6.10. The first-order chi connectivity index (χ1) is 38.9. The normalized spacial score (nSPS) is 15.0. The number of ether oxygens (including phenoxy) is 4. The first kappa shape index (κ1) is 62.1. The third-order valence-corrected chi connectivity index (χ3v) is 12.7. The number of nitrogens with two attached hydrogens (primary N) is 2. The van der Waals surface area contributed by atoms with Gasteiger partial charge in [0.25, 0.3) is 0 Å². The summed E-state index contributed by atoms with van der Waals surface area (Å²) in [6, 6.07) is 12.7. The second-order valence-corrected chi connectivity index (χ2v) is 20.9. The van der Waals surface area contributed by atoms with Crippen LogP contribution < -0.4 is 32.7 Å². The molecule has 3 aliphatic rings. The van der Waals surface area contributed by atoms with E-state index in [1.165, 1.54) is 24.3 Å². The summed E-state index contributed by atoms with van der Waals surface area (Å²) < 4.78 is 99.0. The predicted molar refractivity (Wildman–Crippen MR) is 284 cm³/mol. The molecule has 3 aliphatic carbocycles. The zero-order valence-corrected chi connectivity index (χ0v) is 46.1. The quantitative estimate of drug-likeness (QED) is 0.0325. The van der Waals surface area contributed by atoms with Gasteiger partial charge in [-0.3, -0.25) is 0 Å². The van der Waals surface area contributed by atoms with Gasteiger partial charge in [0.2, 0.25) is 0 Å². The summed E-state index contributed by atoms with van der Waals surface area (Å²) >= 11 is 18.4. The van der Waals surface area contributed by atoms with Crippen LogP contribution in [0.3, 0.4) is 0 Å². The fraction of sp³-hybridized carbons (Fsp3) is 0.440. The molecule has 0 radical (unpaired) electrons. The van der Waals surface area contributed by atoms with Crippen LogP contribution in [-0.4, -0.2) is 112 Å². The highest BCUT2D eigenvalue weighted by atomic mass is 35.5. The number of alkyl halides is 6. The molecule has 3 saturated carbocycles. The van der Waals surface area contributed by atoms with E-state index in [-0.39, 0.29) is 76.6 Å². The Morgan fingerprint density at radius 1 is 0.585 bits per heavy atom. The molecule has 8 N–H and O–H groups in total. The molecule has 82 heavy (non-hydrogen) atoms. The number of hydrogen-bond acceptors (Lipinski definition) is 16. The van der Waals surface area contributed by atoms with Crippen molar-refractivity contribution in [3.8, 4) is 34.2 Å². The van der Waals surface area contributed by atoms with Crippen molar-refractivity contribution in [2.75, 3.05) is 19.8 Å². The Morgan fingerprint density at radius 3 is 1.39 bits per heavy atom. The lowest BCUT2D eigenvalue weighted by Crippen LogP contribution is -2.38. The molecule has 4 amide bonds. The zero-order valence-electron chi connectivity index (χ0n) is 43.8. The maximum Gasteiger partial charge on any atom is 0.408 e. The van der Waals surface area contributed by atoms with Gasteiger partial charge in [0, 0.05) is 34.8 Å². The molecule has 0 bridgehead atoms. The van der Waals surface area contributed by atoms with Crippen LogP contribution in [0.15, 0.2) is 73.6 Å². The van der Waals surface area contributed by atoms with Gasteiger partial charge in [0.15, 0.2) is 17.5 Å². The van der Waals surface area contributed by atoms with Gasteiger partial charge in [-0.2, -0.15) is 45.5 Å². The van der Waals surface area contributed by atoms with Crippen molar-refractivity contribution in [1.29, 1.82) is 0 Å². The van der Waals surface area contributed by atoms with Gasteiger partial charge in [-0.15, -0.1) is 10.2 Å². The number of benzene rings is 3. The molecule has 0 spiro atoms. The van der Waals surface area contributed by atoms with Crippen molar-refractivity contribution in [3.63, 3.8) is 0 Å².